The van der Waals surface area contributed by atoms with E-state index < -0.39 is 10.0 Å². The third kappa shape index (κ3) is 3.84. The first-order valence-corrected chi connectivity index (χ1v) is 11.2. The number of thiophene rings is 1. The third-order valence-electron chi connectivity index (χ3n) is 4.96. The molecule has 1 fully saturated rings. The van der Waals surface area contributed by atoms with Crippen LogP contribution in [-0.2, 0) is 10.0 Å². The summed E-state index contributed by atoms with van der Waals surface area (Å²) >= 11 is 1.41. The van der Waals surface area contributed by atoms with Crippen molar-refractivity contribution in [1.29, 1.82) is 0 Å². The van der Waals surface area contributed by atoms with Crippen molar-refractivity contribution < 1.29 is 13.2 Å². The van der Waals surface area contributed by atoms with Crippen LogP contribution in [0.15, 0.2) is 46.7 Å². The number of sulfonamides is 1. The van der Waals surface area contributed by atoms with Gasteiger partial charge in [0.1, 0.15) is 0 Å². The van der Waals surface area contributed by atoms with Gasteiger partial charge in [-0.05, 0) is 41.5 Å². The lowest BCUT2D eigenvalue weighted by Gasteiger charge is -2.33. The highest BCUT2D eigenvalue weighted by atomic mass is 32.2. The Morgan fingerprint density at radius 1 is 1.12 bits per heavy atom. The van der Waals surface area contributed by atoms with Gasteiger partial charge >= 0.3 is 0 Å². The number of carbonyl (C=O) groups is 1. The van der Waals surface area contributed by atoms with Crippen LogP contribution in [-0.4, -0.2) is 49.7 Å². The third-order valence-corrected chi connectivity index (χ3v) is 7.73. The van der Waals surface area contributed by atoms with Gasteiger partial charge < -0.3 is 4.90 Å². The van der Waals surface area contributed by atoms with E-state index >= 15 is 0 Å². The number of rotatable bonds is 5. The Labute approximate surface area is 159 Å². The quantitative estimate of drug-likeness (QED) is 0.783. The Balaban J connectivity index is 1.67. The van der Waals surface area contributed by atoms with Crippen molar-refractivity contribution in [2.75, 3.05) is 26.2 Å². The largest absolute Gasteiger partial charge is 0.335 e. The maximum atomic E-state index is 12.9. The first-order chi connectivity index (χ1) is 12.4. The fourth-order valence-corrected chi connectivity index (χ4v) is 5.15. The van der Waals surface area contributed by atoms with Crippen LogP contribution in [0.1, 0.15) is 41.4 Å². The smallest absolute Gasteiger partial charge is 0.264 e. The highest BCUT2D eigenvalue weighted by molar-refractivity contribution is 7.89. The highest BCUT2D eigenvalue weighted by Crippen LogP contribution is 2.23. The second kappa shape index (κ2) is 7.90. The number of amides is 1. The molecule has 0 radical (unpaired) electrons. The maximum absolute atomic E-state index is 12.9. The zero-order chi connectivity index (χ0) is 18.7. The SMILES string of the molecule is CCC(C)c1ccc(S(=O)(=O)N2CCN(C(=O)c3cccs3)CC2)cc1. The average molecular weight is 393 g/mol. The Morgan fingerprint density at radius 3 is 2.31 bits per heavy atom. The Morgan fingerprint density at radius 2 is 1.77 bits per heavy atom. The van der Waals surface area contributed by atoms with Crippen LogP contribution in [0.5, 0.6) is 0 Å². The van der Waals surface area contributed by atoms with Gasteiger partial charge in [0.05, 0.1) is 9.77 Å². The van der Waals surface area contributed by atoms with E-state index in [-0.39, 0.29) is 5.91 Å². The minimum atomic E-state index is -3.52. The van der Waals surface area contributed by atoms with E-state index in [1.54, 1.807) is 23.1 Å². The zero-order valence-corrected chi connectivity index (χ0v) is 16.7. The van der Waals surface area contributed by atoms with Crippen molar-refractivity contribution in [2.45, 2.75) is 31.1 Å². The van der Waals surface area contributed by atoms with Crippen molar-refractivity contribution in [3.63, 3.8) is 0 Å². The fraction of sp³-hybridized carbons (Fsp3) is 0.421. The van der Waals surface area contributed by atoms with Crippen LogP contribution >= 0.6 is 11.3 Å². The number of hydrogen-bond acceptors (Lipinski definition) is 4. The molecule has 1 unspecified atom stereocenters. The molecule has 0 saturated carbocycles. The Bertz CT molecular complexity index is 837. The molecule has 1 saturated heterocycles. The molecule has 1 atom stereocenters. The zero-order valence-electron chi connectivity index (χ0n) is 15.1. The Hall–Kier alpha value is -1.70. The molecule has 0 N–H and O–H groups in total. The summed E-state index contributed by atoms with van der Waals surface area (Å²) in [5, 5.41) is 1.87. The summed E-state index contributed by atoms with van der Waals surface area (Å²) in [5.41, 5.74) is 1.15. The van der Waals surface area contributed by atoms with Crippen molar-refractivity contribution in [1.82, 2.24) is 9.21 Å². The van der Waals surface area contributed by atoms with E-state index in [1.807, 2.05) is 23.6 Å². The van der Waals surface area contributed by atoms with Crippen molar-refractivity contribution >= 4 is 27.3 Å². The number of nitrogens with zero attached hydrogens (tertiary/aromatic N) is 2. The van der Waals surface area contributed by atoms with Crippen LogP contribution in [0, 0.1) is 0 Å². The predicted molar refractivity (Wildman–Crippen MR) is 104 cm³/mol. The van der Waals surface area contributed by atoms with Crippen LogP contribution < -0.4 is 0 Å². The summed E-state index contributed by atoms with van der Waals surface area (Å²) in [6.07, 6.45) is 1.02. The van der Waals surface area contributed by atoms with Gasteiger partial charge in [-0.15, -0.1) is 11.3 Å². The molecule has 1 aliphatic heterocycles. The fourth-order valence-electron chi connectivity index (χ4n) is 3.04. The van der Waals surface area contributed by atoms with Crippen LogP contribution in [0.4, 0.5) is 0 Å². The normalized spacial score (nSPS) is 17.2. The van der Waals surface area contributed by atoms with E-state index in [0.717, 1.165) is 12.0 Å². The monoisotopic (exact) mass is 392 g/mol. The minimum Gasteiger partial charge on any atom is -0.335 e. The molecule has 1 aromatic carbocycles. The molecule has 2 heterocycles. The predicted octanol–water partition coefficient (Wildman–Crippen LogP) is 3.41. The number of carbonyl (C=O) groups excluding carboxylic acids is 1. The summed E-state index contributed by atoms with van der Waals surface area (Å²) in [5.74, 6) is 0.397. The molecule has 0 bridgehead atoms. The second-order valence-corrected chi connectivity index (χ2v) is 9.44. The molecule has 3 rings (SSSR count). The molecule has 2 aromatic rings. The topological polar surface area (TPSA) is 57.7 Å². The molecule has 1 aliphatic rings. The van der Waals surface area contributed by atoms with Gasteiger partial charge in [-0.1, -0.05) is 32.0 Å². The minimum absolute atomic E-state index is 0.0186. The summed E-state index contributed by atoms with van der Waals surface area (Å²) in [4.78, 5) is 15.1. The summed E-state index contributed by atoms with van der Waals surface area (Å²) in [7, 11) is -3.52. The lowest BCUT2D eigenvalue weighted by Crippen LogP contribution is -2.50. The van der Waals surface area contributed by atoms with E-state index in [1.165, 1.54) is 15.6 Å². The van der Waals surface area contributed by atoms with E-state index in [2.05, 4.69) is 13.8 Å². The first-order valence-electron chi connectivity index (χ1n) is 8.86. The summed E-state index contributed by atoms with van der Waals surface area (Å²) in [6.45, 7) is 5.74. The number of benzene rings is 1. The van der Waals surface area contributed by atoms with Crippen molar-refractivity contribution in [3.05, 3.63) is 52.2 Å². The molecule has 0 aliphatic carbocycles. The molecule has 5 nitrogen and oxygen atoms in total. The molecular weight excluding hydrogens is 368 g/mol. The molecule has 140 valence electrons. The molecule has 26 heavy (non-hydrogen) atoms. The van der Waals surface area contributed by atoms with Crippen LogP contribution in [0.25, 0.3) is 0 Å². The van der Waals surface area contributed by atoms with E-state index in [0.29, 0.717) is 41.9 Å². The second-order valence-electron chi connectivity index (χ2n) is 6.55. The van der Waals surface area contributed by atoms with Crippen molar-refractivity contribution in [2.24, 2.45) is 0 Å². The molecular formula is C19H24N2O3S2. The van der Waals surface area contributed by atoms with E-state index in [4.69, 9.17) is 0 Å². The van der Waals surface area contributed by atoms with Gasteiger partial charge in [-0.25, -0.2) is 8.42 Å². The molecule has 7 heteroatoms. The summed E-state index contributed by atoms with van der Waals surface area (Å²) < 4.78 is 27.2. The first kappa shape index (κ1) is 19.1. The van der Waals surface area contributed by atoms with Crippen LogP contribution in [0.2, 0.25) is 0 Å². The average Bonchev–Trinajstić information content (AvgIpc) is 3.21. The lowest BCUT2D eigenvalue weighted by molar-refractivity contribution is 0.0703. The maximum Gasteiger partial charge on any atom is 0.264 e. The molecule has 1 amide bonds. The van der Waals surface area contributed by atoms with Gasteiger partial charge in [0.25, 0.3) is 5.91 Å². The van der Waals surface area contributed by atoms with Gasteiger partial charge in [0, 0.05) is 26.2 Å². The number of piperazine rings is 1. The summed E-state index contributed by atoms with van der Waals surface area (Å²) in [6, 6.07) is 10.8. The Kier molecular flexibility index (Phi) is 5.79. The highest BCUT2D eigenvalue weighted by Gasteiger charge is 2.30. The van der Waals surface area contributed by atoms with E-state index in [9.17, 15) is 13.2 Å². The van der Waals surface area contributed by atoms with Gasteiger partial charge in [0.15, 0.2) is 0 Å². The molecule has 0 spiro atoms. The lowest BCUT2D eigenvalue weighted by atomic mass is 9.99. The molecule has 1 aromatic heterocycles. The van der Waals surface area contributed by atoms with Gasteiger partial charge in [-0.2, -0.15) is 4.31 Å². The van der Waals surface area contributed by atoms with Gasteiger partial charge in [-0.3, -0.25) is 4.79 Å². The van der Waals surface area contributed by atoms with Crippen molar-refractivity contribution in [3.8, 4) is 0 Å². The van der Waals surface area contributed by atoms with Gasteiger partial charge in [0.2, 0.25) is 10.0 Å². The number of hydrogen-bond donors (Lipinski definition) is 0. The standard InChI is InChI=1S/C19H24N2O3S2/c1-3-15(2)16-6-8-17(9-7-16)26(23,24)21-12-10-20(11-13-21)19(22)18-5-4-14-25-18/h4-9,14-15H,3,10-13H2,1-2H3. The van der Waals surface area contributed by atoms with Crippen LogP contribution in [0.3, 0.4) is 0 Å².